The number of rotatable bonds is 4. The molecule has 0 radical (unpaired) electrons. The molecular weight excluding hydrogens is 330 g/mol. The summed E-state index contributed by atoms with van der Waals surface area (Å²) in [5, 5.41) is 0. The van der Waals surface area contributed by atoms with Gasteiger partial charge >= 0.3 is 0 Å². The van der Waals surface area contributed by atoms with Crippen molar-refractivity contribution < 1.29 is 13.2 Å². The average Bonchev–Trinajstić information content (AvgIpc) is 2.69. The van der Waals surface area contributed by atoms with Crippen LogP contribution in [0.4, 0.5) is 0 Å². The first-order valence-corrected chi connectivity index (χ1v) is 8.68. The molecule has 2 rings (SSSR count). The van der Waals surface area contributed by atoms with Crippen LogP contribution in [0, 0.1) is 0 Å². The zero-order valence-corrected chi connectivity index (χ0v) is 13.1. The summed E-state index contributed by atoms with van der Waals surface area (Å²) < 4.78 is 23.7. The van der Waals surface area contributed by atoms with Crippen molar-refractivity contribution in [2.45, 2.75) is 12.5 Å². The number of hydrogen-bond acceptors (Lipinski definition) is 4. The van der Waals surface area contributed by atoms with Crippen molar-refractivity contribution in [3.05, 3.63) is 34.3 Å². The van der Waals surface area contributed by atoms with Crippen molar-refractivity contribution in [2.75, 3.05) is 25.1 Å². The number of carbonyl (C=O) groups is 1. The third kappa shape index (κ3) is 3.87. The number of ketones is 1. The maximum atomic E-state index is 12.1. The van der Waals surface area contributed by atoms with Crippen LogP contribution in [0.3, 0.4) is 0 Å². The number of benzene rings is 1. The number of sulfone groups is 1. The van der Waals surface area contributed by atoms with Gasteiger partial charge in [0, 0.05) is 16.1 Å². The first-order chi connectivity index (χ1) is 8.87. The summed E-state index contributed by atoms with van der Waals surface area (Å²) in [5.74, 6) is 0.399. The van der Waals surface area contributed by atoms with Gasteiger partial charge in [0.1, 0.15) is 0 Å². The molecule has 1 unspecified atom stereocenters. The lowest BCUT2D eigenvalue weighted by Gasteiger charge is -2.22. The fourth-order valence-corrected chi connectivity index (χ4v) is 4.44. The SMILES string of the molecule is CN(CC(=O)c1cccc(Br)c1)C1CCS(=O)(=O)C1. The molecule has 0 bridgehead atoms. The zero-order valence-electron chi connectivity index (χ0n) is 10.7. The van der Waals surface area contributed by atoms with Crippen LogP contribution in [-0.4, -0.2) is 50.2 Å². The molecule has 1 saturated heterocycles. The van der Waals surface area contributed by atoms with E-state index in [9.17, 15) is 13.2 Å². The molecule has 1 aliphatic heterocycles. The van der Waals surface area contributed by atoms with E-state index in [2.05, 4.69) is 15.9 Å². The molecule has 0 aliphatic carbocycles. The maximum absolute atomic E-state index is 12.1. The van der Waals surface area contributed by atoms with E-state index >= 15 is 0 Å². The minimum Gasteiger partial charge on any atom is -0.295 e. The predicted molar refractivity (Wildman–Crippen MR) is 78.2 cm³/mol. The smallest absolute Gasteiger partial charge is 0.176 e. The van der Waals surface area contributed by atoms with Crippen LogP contribution >= 0.6 is 15.9 Å². The van der Waals surface area contributed by atoms with Crippen LogP contribution in [-0.2, 0) is 9.84 Å². The number of nitrogens with zero attached hydrogens (tertiary/aromatic N) is 1. The van der Waals surface area contributed by atoms with Crippen LogP contribution in [0.1, 0.15) is 16.8 Å². The number of halogens is 1. The molecule has 0 aromatic heterocycles. The number of Topliss-reactive ketones (excluding diaryl/α,β-unsaturated/α-hetero) is 1. The lowest BCUT2D eigenvalue weighted by Crippen LogP contribution is -2.36. The third-order valence-corrected chi connectivity index (χ3v) is 5.61. The van der Waals surface area contributed by atoms with Crippen molar-refractivity contribution in [1.82, 2.24) is 4.90 Å². The Bertz CT molecular complexity index is 585. The van der Waals surface area contributed by atoms with Gasteiger partial charge in [-0.2, -0.15) is 0 Å². The molecule has 6 heteroatoms. The highest BCUT2D eigenvalue weighted by atomic mass is 79.9. The van der Waals surface area contributed by atoms with Gasteiger partial charge in [-0.3, -0.25) is 9.69 Å². The summed E-state index contributed by atoms with van der Waals surface area (Å²) in [6, 6.07) is 7.19. The molecule has 0 amide bonds. The average molecular weight is 346 g/mol. The van der Waals surface area contributed by atoms with Crippen molar-refractivity contribution >= 4 is 31.6 Å². The predicted octanol–water partition coefficient (Wildman–Crippen LogP) is 1.75. The summed E-state index contributed by atoms with van der Waals surface area (Å²) >= 11 is 3.33. The summed E-state index contributed by atoms with van der Waals surface area (Å²) in [5.41, 5.74) is 0.641. The van der Waals surface area contributed by atoms with E-state index < -0.39 is 9.84 Å². The Labute approximate surface area is 121 Å². The second kappa shape index (κ2) is 5.73. The van der Waals surface area contributed by atoms with Crippen molar-refractivity contribution in [2.24, 2.45) is 0 Å². The molecule has 1 aliphatic rings. The minimum absolute atomic E-state index is 0.00750. The van der Waals surface area contributed by atoms with Gasteiger partial charge in [-0.05, 0) is 25.6 Å². The molecular formula is C13H16BrNO3S. The van der Waals surface area contributed by atoms with Crippen LogP contribution in [0.15, 0.2) is 28.7 Å². The lowest BCUT2D eigenvalue weighted by molar-refractivity contribution is 0.0926. The van der Waals surface area contributed by atoms with Gasteiger partial charge in [-0.25, -0.2) is 8.42 Å². The van der Waals surface area contributed by atoms with E-state index in [0.29, 0.717) is 12.0 Å². The molecule has 1 atom stereocenters. The van der Waals surface area contributed by atoms with Crippen LogP contribution in [0.25, 0.3) is 0 Å². The lowest BCUT2D eigenvalue weighted by atomic mass is 10.1. The summed E-state index contributed by atoms with van der Waals surface area (Å²) in [4.78, 5) is 14.0. The van der Waals surface area contributed by atoms with Gasteiger partial charge in [-0.15, -0.1) is 0 Å². The summed E-state index contributed by atoms with van der Waals surface area (Å²) in [6.45, 7) is 0.247. The maximum Gasteiger partial charge on any atom is 0.176 e. The van der Waals surface area contributed by atoms with Gasteiger partial charge in [-0.1, -0.05) is 28.1 Å². The highest BCUT2D eigenvalue weighted by molar-refractivity contribution is 9.10. The van der Waals surface area contributed by atoms with Crippen LogP contribution in [0.2, 0.25) is 0 Å². The third-order valence-electron chi connectivity index (χ3n) is 3.37. The van der Waals surface area contributed by atoms with E-state index in [1.807, 2.05) is 17.0 Å². The Morgan fingerprint density at radius 3 is 2.79 bits per heavy atom. The topological polar surface area (TPSA) is 54.5 Å². The van der Waals surface area contributed by atoms with Crippen molar-refractivity contribution in [3.63, 3.8) is 0 Å². The minimum atomic E-state index is -2.91. The van der Waals surface area contributed by atoms with Crippen LogP contribution < -0.4 is 0 Å². The van der Waals surface area contributed by atoms with E-state index in [1.165, 1.54) is 0 Å². The molecule has 19 heavy (non-hydrogen) atoms. The Kier molecular flexibility index (Phi) is 4.43. The van der Waals surface area contributed by atoms with E-state index in [0.717, 1.165) is 4.47 Å². The fraction of sp³-hybridized carbons (Fsp3) is 0.462. The molecule has 4 nitrogen and oxygen atoms in total. The molecule has 1 heterocycles. The van der Waals surface area contributed by atoms with E-state index in [1.54, 1.807) is 19.2 Å². The quantitative estimate of drug-likeness (QED) is 0.780. The highest BCUT2D eigenvalue weighted by Crippen LogP contribution is 2.17. The Hall–Kier alpha value is -0.720. The standard InChI is InChI=1S/C13H16BrNO3S/c1-15(12-5-6-19(17,18)9-12)8-13(16)10-3-2-4-11(14)7-10/h2-4,7,12H,5-6,8-9H2,1H3. The molecule has 104 valence electrons. The van der Waals surface area contributed by atoms with Gasteiger partial charge in [0.15, 0.2) is 15.6 Å². The number of hydrogen-bond donors (Lipinski definition) is 0. The monoisotopic (exact) mass is 345 g/mol. The summed E-state index contributed by atoms with van der Waals surface area (Å²) in [7, 11) is -1.10. The van der Waals surface area contributed by atoms with E-state index in [4.69, 9.17) is 0 Å². The van der Waals surface area contributed by atoms with Gasteiger partial charge < -0.3 is 0 Å². The number of carbonyl (C=O) groups excluding carboxylic acids is 1. The molecule has 0 spiro atoms. The second-order valence-corrected chi connectivity index (χ2v) is 8.05. The van der Waals surface area contributed by atoms with E-state index in [-0.39, 0.29) is 29.9 Å². The molecule has 1 aromatic carbocycles. The van der Waals surface area contributed by atoms with Gasteiger partial charge in [0.2, 0.25) is 0 Å². The summed E-state index contributed by atoms with van der Waals surface area (Å²) in [6.07, 6.45) is 0.616. The molecule has 1 aromatic rings. The Morgan fingerprint density at radius 2 is 2.21 bits per heavy atom. The Balaban J connectivity index is 2.00. The first kappa shape index (κ1) is 14.7. The highest BCUT2D eigenvalue weighted by Gasteiger charge is 2.31. The van der Waals surface area contributed by atoms with Crippen LogP contribution in [0.5, 0.6) is 0 Å². The van der Waals surface area contributed by atoms with Gasteiger partial charge in [0.05, 0.1) is 18.1 Å². The second-order valence-electron chi connectivity index (χ2n) is 4.91. The van der Waals surface area contributed by atoms with Crippen molar-refractivity contribution in [1.29, 1.82) is 0 Å². The largest absolute Gasteiger partial charge is 0.295 e. The van der Waals surface area contributed by atoms with Crippen molar-refractivity contribution in [3.8, 4) is 0 Å². The first-order valence-electron chi connectivity index (χ1n) is 6.07. The molecule has 0 N–H and O–H groups in total. The fourth-order valence-electron chi connectivity index (χ4n) is 2.23. The molecule has 0 saturated carbocycles. The molecule has 1 fully saturated rings. The zero-order chi connectivity index (χ0) is 14.0. The van der Waals surface area contributed by atoms with Gasteiger partial charge in [0.25, 0.3) is 0 Å². The number of likely N-dealkylation sites (N-methyl/N-ethyl adjacent to an activating group) is 1. The Morgan fingerprint density at radius 1 is 1.47 bits per heavy atom. The normalized spacial score (nSPS) is 21.7.